The fraction of sp³-hybridized carbons (Fsp3) is 0.182. The van der Waals surface area contributed by atoms with Crippen molar-refractivity contribution in [2.24, 2.45) is 5.73 Å². The van der Waals surface area contributed by atoms with E-state index < -0.39 is 5.91 Å². The molecule has 4 heteroatoms. The molecule has 0 aromatic heterocycles. The molecule has 3 nitrogen and oxygen atoms in total. The number of rotatable bonds is 5. The van der Waals surface area contributed by atoms with Crippen LogP contribution in [-0.2, 0) is 4.79 Å². The van der Waals surface area contributed by atoms with Crippen LogP contribution in [-0.4, -0.2) is 17.8 Å². The minimum atomic E-state index is -0.457. The number of primary amides is 1. The van der Waals surface area contributed by atoms with Crippen molar-refractivity contribution in [3.05, 3.63) is 35.9 Å². The maximum Gasteiger partial charge on any atom is 0.241 e. The summed E-state index contributed by atoms with van der Waals surface area (Å²) in [6.45, 7) is 0.614. The number of halogens is 1. The lowest BCUT2D eigenvalue weighted by atomic mass is 10.2. The summed E-state index contributed by atoms with van der Waals surface area (Å²) < 4.78 is 5.41. The molecule has 0 radical (unpaired) electrons. The highest BCUT2D eigenvalue weighted by Gasteiger charge is 1.94. The second kappa shape index (κ2) is 6.24. The van der Waals surface area contributed by atoms with Gasteiger partial charge in [0.15, 0.2) is 0 Å². The molecule has 1 aromatic carbocycles. The number of carbonyl (C=O) groups excluding carboxylic acids is 1. The van der Waals surface area contributed by atoms with Gasteiger partial charge in [-0.15, -0.1) is 0 Å². The summed E-state index contributed by atoms with van der Waals surface area (Å²) in [7, 11) is 0. The van der Waals surface area contributed by atoms with Crippen molar-refractivity contribution in [2.45, 2.75) is 0 Å². The van der Waals surface area contributed by atoms with Gasteiger partial charge >= 0.3 is 0 Å². The summed E-state index contributed by atoms with van der Waals surface area (Å²) in [5, 5.41) is 0.786. The average Bonchev–Trinajstić information content (AvgIpc) is 2.24. The number of nitrogens with two attached hydrogens (primary N) is 1. The molecule has 0 unspecified atom stereocenters. The molecule has 1 rings (SSSR count). The Bertz CT molecular complexity index is 363. The number of hydrogen-bond acceptors (Lipinski definition) is 2. The van der Waals surface area contributed by atoms with Crippen LogP contribution >= 0.6 is 15.9 Å². The summed E-state index contributed by atoms with van der Waals surface area (Å²) in [4.78, 5) is 10.5. The third-order valence-corrected chi connectivity index (χ3v) is 1.97. The van der Waals surface area contributed by atoms with Crippen LogP contribution in [0.3, 0.4) is 0 Å². The molecule has 1 amide bonds. The summed E-state index contributed by atoms with van der Waals surface area (Å²) in [6.07, 6.45) is 2.98. The van der Waals surface area contributed by atoms with Crippen LogP contribution in [0.4, 0.5) is 0 Å². The Balaban J connectivity index is 2.69. The van der Waals surface area contributed by atoms with E-state index in [0.717, 1.165) is 16.6 Å². The molecule has 0 saturated heterocycles. The van der Waals surface area contributed by atoms with E-state index in [1.807, 2.05) is 24.3 Å². The van der Waals surface area contributed by atoms with Gasteiger partial charge in [0.25, 0.3) is 0 Å². The van der Waals surface area contributed by atoms with Gasteiger partial charge in [-0.25, -0.2) is 0 Å². The van der Waals surface area contributed by atoms with E-state index in [-0.39, 0.29) is 0 Å². The van der Waals surface area contributed by atoms with Crippen molar-refractivity contribution >= 4 is 27.9 Å². The SMILES string of the molecule is NC(=O)/C=C\c1cccc(OCCBr)c1. The monoisotopic (exact) mass is 269 g/mol. The van der Waals surface area contributed by atoms with Gasteiger partial charge in [-0.1, -0.05) is 28.1 Å². The maximum atomic E-state index is 10.5. The van der Waals surface area contributed by atoms with Crippen molar-refractivity contribution in [3.63, 3.8) is 0 Å². The number of benzene rings is 1. The Labute approximate surface area is 97.0 Å². The van der Waals surface area contributed by atoms with Crippen LogP contribution in [0.1, 0.15) is 5.56 Å². The smallest absolute Gasteiger partial charge is 0.241 e. The quantitative estimate of drug-likeness (QED) is 0.656. The van der Waals surface area contributed by atoms with Crippen molar-refractivity contribution < 1.29 is 9.53 Å². The van der Waals surface area contributed by atoms with Crippen molar-refractivity contribution in [2.75, 3.05) is 11.9 Å². The molecule has 0 atom stereocenters. The first kappa shape index (κ1) is 11.8. The Morgan fingerprint density at radius 1 is 1.53 bits per heavy atom. The number of carbonyl (C=O) groups is 1. The van der Waals surface area contributed by atoms with E-state index in [2.05, 4.69) is 15.9 Å². The maximum absolute atomic E-state index is 10.5. The summed E-state index contributed by atoms with van der Waals surface area (Å²) in [5.41, 5.74) is 5.89. The first-order valence-corrected chi connectivity index (χ1v) is 5.61. The van der Waals surface area contributed by atoms with Crippen LogP contribution in [0, 0.1) is 0 Å². The lowest BCUT2D eigenvalue weighted by molar-refractivity contribution is -0.113. The van der Waals surface area contributed by atoms with Crippen molar-refractivity contribution in [1.82, 2.24) is 0 Å². The molecular formula is C11H12BrNO2. The van der Waals surface area contributed by atoms with Crippen LogP contribution < -0.4 is 10.5 Å². The zero-order valence-electron chi connectivity index (χ0n) is 8.15. The molecular weight excluding hydrogens is 258 g/mol. The molecule has 15 heavy (non-hydrogen) atoms. The van der Waals surface area contributed by atoms with Crippen LogP contribution in [0.5, 0.6) is 5.75 Å². The first-order chi connectivity index (χ1) is 7.22. The summed E-state index contributed by atoms with van der Waals surface area (Å²) in [6, 6.07) is 7.46. The van der Waals surface area contributed by atoms with Crippen molar-refractivity contribution in [1.29, 1.82) is 0 Å². The predicted molar refractivity (Wildman–Crippen MR) is 64.0 cm³/mol. The minimum absolute atomic E-state index is 0.457. The molecule has 0 aliphatic heterocycles. The van der Waals surface area contributed by atoms with Gasteiger partial charge in [-0.05, 0) is 23.8 Å². The largest absolute Gasteiger partial charge is 0.493 e. The Morgan fingerprint density at radius 3 is 3.00 bits per heavy atom. The Kier molecular flexibility index (Phi) is 4.90. The van der Waals surface area contributed by atoms with E-state index in [0.29, 0.717) is 6.61 Å². The number of ether oxygens (including phenoxy) is 1. The highest BCUT2D eigenvalue weighted by molar-refractivity contribution is 9.09. The average molecular weight is 270 g/mol. The topological polar surface area (TPSA) is 52.3 Å². The standard InChI is InChI=1S/C11H12BrNO2/c12-6-7-15-10-3-1-2-9(8-10)4-5-11(13)14/h1-5,8H,6-7H2,(H2,13,14)/b5-4-. The van der Waals surface area contributed by atoms with Gasteiger partial charge in [-0.2, -0.15) is 0 Å². The minimum Gasteiger partial charge on any atom is -0.493 e. The van der Waals surface area contributed by atoms with Gasteiger partial charge in [0, 0.05) is 11.4 Å². The summed E-state index contributed by atoms with van der Waals surface area (Å²) >= 11 is 3.28. The van der Waals surface area contributed by atoms with E-state index in [1.165, 1.54) is 6.08 Å². The van der Waals surface area contributed by atoms with Crippen LogP contribution in [0.2, 0.25) is 0 Å². The number of alkyl halides is 1. The molecule has 0 spiro atoms. The van der Waals surface area contributed by atoms with Crippen LogP contribution in [0.25, 0.3) is 6.08 Å². The highest BCUT2D eigenvalue weighted by atomic mass is 79.9. The zero-order valence-corrected chi connectivity index (χ0v) is 9.74. The molecule has 2 N–H and O–H groups in total. The van der Waals surface area contributed by atoms with E-state index >= 15 is 0 Å². The van der Waals surface area contributed by atoms with Gasteiger partial charge in [0.05, 0.1) is 6.61 Å². The molecule has 0 fully saturated rings. The third kappa shape index (κ3) is 4.65. The fourth-order valence-corrected chi connectivity index (χ4v) is 1.20. The Morgan fingerprint density at radius 2 is 2.33 bits per heavy atom. The second-order valence-electron chi connectivity index (χ2n) is 2.85. The second-order valence-corrected chi connectivity index (χ2v) is 3.64. The lowest BCUT2D eigenvalue weighted by Gasteiger charge is -2.04. The molecule has 0 saturated carbocycles. The van der Waals surface area contributed by atoms with Gasteiger partial charge in [0.1, 0.15) is 5.75 Å². The zero-order chi connectivity index (χ0) is 11.1. The molecule has 0 aliphatic carbocycles. The molecule has 80 valence electrons. The van der Waals surface area contributed by atoms with Crippen LogP contribution in [0.15, 0.2) is 30.3 Å². The molecule has 0 bridgehead atoms. The number of amides is 1. The molecule has 0 aliphatic rings. The van der Waals surface area contributed by atoms with E-state index in [1.54, 1.807) is 6.08 Å². The van der Waals surface area contributed by atoms with Gasteiger partial charge in [-0.3, -0.25) is 4.79 Å². The van der Waals surface area contributed by atoms with E-state index in [4.69, 9.17) is 10.5 Å². The van der Waals surface area contributed by atoms with E-state index in [9.17, 15) is 4.79 Å². The van der Waals surface area contributed by atoms with Crippen molar-refractivity contribution in [3.8, 4) is 5.75 Å². The first-order valence-electron chi connectivity index (χ1n) is 4.48. The van der Waals surface area contributed by atoms with Gasteiger partial charge in [0.2, 0.25) is 5.91 Å². The lowest BCUT2D eigenvalue weighted by Crippen LogP contribution is -2.05. The fourth-order valence-electron chi connectivity index (χ4n) is 1.04. The predicted octanol–water partition coefficient (Wildman–Crippen LogP) is 1.96. The molecule has 0 heterocycles. The van der Waals surface area contributed by atoms with Gasteiger partial charge < -0.3 is 10.5 Å². The summed E-state index contributed by atoms with van der Waals surface area (Å²) in [5.74, 6) is 0.322. The Hall–Kier alpha value is -1.29. The normalized spacial score (nSPS) is 10.5. The molecule has 1 aromatic rings. The number of hydrogen-bond donors (Lipinski definition) is 1. The third-order valence-electron chi connectivity index (χ3n) is 1.64. The highest BCUT2D eigenvalue weighted by Crippen LogP contribution is 2.14.